The molecule has 1 aromatic carbocycles. The van der Waals surface area contributed by atoms with Gasteiger partial charge in [-0.3, -0.25) is 0 Å². The maximum absolute atomic E-state index is 9.71. The molecule has 0 radical (unpaired) electrons. The van der Waals surface area contributed by atoms with E-state index in [9.17, 15) is 5.11 Å². The number of benzene rings is 1. The van der Waals surface area contributed by atoms with Crippen LogP contribution in [0.15, 0.2) is 18.2 Å². The van der Waals surface area contributed by atoms with Crippen LogP contribution in [0, 0.1) is 5.92 Å². The molecule has 3 heteroatoms. The minimum Gasteiger partial charge on any atom is -0.504 e. The summed E-state index contributed by atoms with van der Waals surface area (Å²) in [6.07, 6.45) is 5.07. The zero-order chi connectivity index (χ0) is 12.3. The first-order valence-electron chi connectivity index (χ1n) is 6.32. The molecule has 1 aliphatic carbocycles. The van der Waals surface area contributed by atoms with Gasteiger partial charge in [0.2, 0.25) is 0 Å². The van der Waals surface area contributed by atoms with Crippen molar-refractivity contribution < 1.29 is 9.84 Å². The van der Waals surface area contributed by atoms with Gasteiger partial charge in [-0.1, -0.05) is 19.8 Å². The number of hydrogen-bond donors (Lipinski definition) is 2. The Bertz CT molecular complexity index is 378. The molecule has 94 valence electrons. The molecule has 1 aromatic rings. The van der Waals surface area contributed by atoms with Gasteiger partial charge in [0.25, 0.3) is 0 Å². The molecule has 0 amide bonds. The SMILES string of the molecule is COc1ccc(NC2CCCC(C)C2)cc1O. The lowest BCUT2D eigenvalue weighted by Gasteiger charge is -2.28. The minimum atomic E-state index is 0.196. The van der Waals surface area contributed by atoms with Crippen LogP contribution in [-0.2, 0) is 0 Å². The van der Waals surface area contributed by atoms with Crippen molar-refractivity contribution >= 4 is 5.69 Å². The van der Waals surface area contributed by atoms with Gasteiger partial charge in [-0.15, -0.1) is 0 Å². The van der Waals surface area contributed by atoms with Gasteiger partial charge < -0.3 is 15.2 Å². The average molecular weight is 235 g/mol. The van der Waals surface area contributed by atoms with Crippen molar-refractivity contribution in [3.8, 4) is 11.5 Å². The van der Waals surface area contributed by atoms with E-state index < -0.39 is 0 Å². The van der Waals surface area contributed by atoms with Crippen LogP contribution in [0.4, 0.5) is 5.69 Å². The Morgan fingerprint density at radius 1 is 1.35 bits per heavy atom. The highest BCUT2D eigenvalue weighted by Crippen LogP contribution is 2.31. The van der Waals surface area contributed by atoms with Gasteiger partial charge in [0.05, 0.1) is 7.11 Å². The summed E-state index contributed by atoms with van der Waals surface area (Å²) in [5, 5.41) is 13.2. The van der Waals surface area contributed by atoms with E-state index in [1.165, 1.54) is 25.7 Å². The van der Waals surface area contributed by atoms with Crippen molar-refractivity contribution in [2.75, 3.05) is 12.4 Å². The number of phenols is 1. The summed E-state index contributed by atoms with van der Waals surface area (Å²) in [4.78, 5) is 0. The quantitative estimate of drug-likeness (QED) is 0.843. The first-order chi connectivity index (χ1) is 8.19. The topological polar surface area (TPSA) is 41.5 Å². The number of nitrogens with one attached hydrogen (secondary N) is 1. The number of anilines is 1. The van der Waals surface area contributed by atoms with Crippen LogP contribution in [0.2, 0.25) is 0 Å². The molecule has 0 spiro atoms. The van der Waals surface area contributed by atoms with Crippen LogP contribution in [0.5, 0.6) is 11.5 Å². The lowest BCUT2D eigenvalue weighted by Crippen LogP contribution is -2.26. The maximum atomic E-state index is 9.71. The summed E-state index contributed by atoms with van der Waals surface area (Å²) in [6, 6.07) is 6.02. The van der Waals surface area contributed by atoms with Crippen LogP contribution >= 0.6 is 0 Å². The van der Waals surface area contributed by atoms with Crippen molar-refractivity contribution in [1.29, 1.82) is 0 Å². The fraction of sp³-hybridized carbons (Fsp3) is 0.571. The molecule has 1 saturated carbocycles. The van der Waals surface area contributed by atoms with Gasteiger partial charge in [-0.2, -0.15) is 0 Å². The Morgan fingerprint density at radius 2 is 2.18 bits per heavy atom. The third-order valence-electron chi connectivity index (χ3n) is 3.49. The molecule has 2 atom stereocenters. The summed E-state index contributed by atoms with van der Waals surface area (Å²) in [5.74, 6) is 1.52. The molecule has 0 aliphatic heterocycles. The van der Waals surface area contributed by atoms with Gasteiger partial charge in [-0.25, -0.2) is 0 Å². The maximum Gasteiger partial charge on any atom is 0.160 e. The molecule has 1 fully saturated rings. The third kappa shape index (κ3) is 3.05. The first kappa shape index (κ1) is 12.1. The number of phenolic OH excluding ortho intramolecular Hbond substituents is 1. The summed E-state index contributed by atoms with van der Waals surface area (Å²) in [7, 11) is 1.56. The second-order valence-corrected chi connectivity index (χ2v) is 5.00. The second-order valence-electron chi connectivity index (χ2n) is 5.00. The molecule has 0 aromatic heterocycles. The van der Waals surface area contributed by atoms with E-state index in [2.05, 4.69) is 12.2 Å². The Morgan fingerprint density at radius 3 is 2.82 bits per heavy atom. The minimum absolute atomic E-state index is 0.196. The van der Waals surface area contributed by atoms with Crippen molar-refractivity contribution in [3.63, 3.8) is 0 Å². The van der Waals surface area contributed by atoms with Crippen LogP contribution in [0.1, 0.15) is 32.6 Å². The van der Waals surface area contributed by atoms with Gasteiger partial charge >= 0.3 is 0 Å². The molecule has 0 bridgehead atoms. The van der Waals surface area contributed by atoms with Crippen LogP contribution in [0.25, 0.3) is 0 Å². The average Bonchev–Trinajstić information content (AvgIpc) is 2.29. The van der Waals surface area contributed by atoms with Crippen LogP contribution in [-0.4, -0.2) is 18.3 Å². The van der Waals surface area contributed by atoms with E-state index in [1.807, 2.05) is 6.07 Å². The zero-order valence-electron chi connectivity index (χ0n) is 10.6. The lowest BCUT2D eigenvalue weighted by molar-refractivity contribution is 0.358. The Kier molecular flexibility index (Phi) is 3.77. The molecule has 0 saturated heterocycles. The number of aromatic hydroxyl groups is 1. The smallest absolute Gasteiger partial charge is 0.160 e. The summed E-state index contributed by atoms with van der Waals surface area (Å²) in [6.45, 7) is 2.30. The van der Waals surface area contributed by atoms with E-state index >= 15 is 0 Å². The fourth-order valence-corrected chi connectivity index (χ4v) is 2.58. The van der Waals surface area contributed by atoms with Crippen molar-refractivity contribution in [2.24, 2.45) is 5.92 Å². The molecule has 0 heterocycles. The predicted molar refractivity (Wildman–Crippen MR) is 69.7 cm³/mol. The van der Waals surface area contributed by atoms with E-state index in [1.54, 1.807) is 19.2 Å². The molecule has 3 nitrogen and oxygen atoms in total. The summed E-state index contributed by atoms with van der Waals surface area (Å²) >= 11 is 0. The van der Waals surface area contributed by atoms with Gasteiger partial charge in [0.15, 0.2) is 11.5 Å². The Hall–Kier alpha value is -1.38. The van der Waals surface area contributed by atoms with Crippen molar-refractivity contribution in [1.82, 2.24) is 0 Å². The monoisotopic (exact) mass is 235 g/mol. The molecule has 1 aliphatic rings. The summed E-state index contributed by atoms with van der Waals surface area (Å²) in [5.41, 5.74) is 0.974. The zero-order valence-corrected chi connectivity index (χ0v) is 10.6. The normalized spacial score (nSPS) is 24.4. The van der Waals surface area contributed by atoms with Crippen molar-refractivity contribution in [2.45, 2.75) is 38.6 Å². The molecular weight excluding hydrogens is 214 g/mol. The largest absolute Gasteiger partial charge is 0.504 e. The molecule has 2 unspecified atom stereocenters. The van der Waals surface area contributed by atoms with Crippen LogP contribution < -0.4 is 10.1 Å². The van der Waals surface area contributed by atoms with E-state index in [0.717, 1.165) is 11.6 Å². The van der Waals surface area contributed by atoms with E-state index in [0.29, 0.717) is 11.8 Å². The van der Waals surface area contributed by atoms with Crippen molar-refractivity contribution in [3.05, 3.63) is 18.2 Å². The number of hydrogen-bond acceptors (Lipinski definition) is 3. The molecule has 17 heavy (non-hydrogen) atoms. The summed E-state index contributed by atoms with van der Waals surface area (Å²) < 4.78 is 5.03. The third-order valence-corrected chi connectivity index (χ3v) is 3.49. The molecular formula is C14H21NO2. The second kappa shape index (κ2) is 5.30. The highest BCUT2D eigenvalue weighted by atomic mass is 16.5. The van der Waals surface area contributed by atoms with Crippen LogP contribution in [0.3, 0.4) is 0 Å². The molecule has 2 N–H and O–H groups in total. The highest BCUT2D eigenvalue weighted by Gasteiger charge is 2.18. The standard InChI is InChI=1S/C14H21NO2/c1-10-4-3-5-11(8-10)15-12-6-7-14(17-2)13(16)9-12/h6-7,9-11,15-16H,3-5,8H2,1-2H3. The number of ether oxygens (including phenoxy) is 1. The number of rotatable bonds is 3. The van der Waals surface area contributed by atoms with Gasteiger partial charge in [0, 0.05) is 17.8 Å². The Balaban J connectivity index is 2.00. The van der Waals surface area contributed by atoms with E-state index in [4.69, 9.17) is 4.74 Å². The predicted octanol–water partition coefficient (Wildman–Crippen LogP) is 3.39. The fourth-order valence-electron chi connectivity index (χ4n) is 2.58. The molecule has 2 rings (SSSR count). The van der Waals surface area contributed by atoms with Gasteiger partial charge in [-0.05, 0) is 30.9 Å². The first-order valence-corrected chi connectivity index (χ1v) is 6.32. The Labute approximate surface area is 103 Å². The van der Waals surface area contributed by atoms with Gasteiger partial charge in [0.1, 0.15) is 0 Å². The lowest BCUT2D eigenvalue weighted by atomic mass is 9.87. The number of methoxy groups -OCH3 is 1. The highest BCUT2D eigenvalue weighted by molar-refractivity contribution is 5.54. The van der Waals surface area contributed by atoms with E-state index in [-0.39, 0.29) is 5.75 Å².